The van der Waals surface area contributed by atoms with Crippen LogP contribution < -0.4 is 10.6 Å². The van der Waals surface area contributed by atoms with E-state index in [1.54, 1.807) is 0 Å². The first-order valence-electron chi connectivity index (χ1n) is 5.92. The van der Waals surface area contributed by atoms with E-state index in [4.69, 9.17) is 15.1 Å². The summed E-state index contributed by atoms with van der Waals surface area (Å²) in [5, 5.41) is 2.51. The van der Waals surface area contributed by atoms with Crippen molar-refractivity contribution in [2.45, 2.75) is 0 Å². The zero-order valence-corrected chi connectivity index (χ0v) is 12.0. The third-order valence-corrected chi connectivity index (χ3v) is 6.44. The lowest BCUT2D eigenvalue weighted by Crippen LogP contribution is -2.08. The molecule has 0 aromatic heterocycles. The minimum Gasteiger partial charge on any atom is -0.573 e. The predicted molar refractivity (Wildman–Crippen MR) is 87.2 cm³/mol. The van der Waals surface area contributed by atoms with Crippen LogP contribution in [0.1, 0.15) is 0 Å². The van der Waals surface area contributed by atoms with Crippen LogP contribution in [0.5, 0.6) is 0 Å². The lowest BCUT2D eigenvalue weighted by molar-refractivity contribution is 1.53. The second-order valence-electron chi connectivity index (χ2n) is 4.06. The van der Waals surface area contributed by atoms with Gasteiger partial charge in [-0.1, -0.05) is 83.6 Å². The third-order valence-electron chi connectivity index (χ3n) is 2.76. The molecule has 2 rings (SSSR count). The third kappa shape index (κ3) is 3.98. The fourth-order valence-electron chi connectivity index (χ4n) is 1.71. The SMILES string of the molecule is [B-]P(CCP([B-])c1ccccc1)c1ccccc1. The zero-order chi connectivity index (χ0) is 12.8. The van der Waals surface area contributed by atoms with E-state index in [1.807, 2.05) is 36.4 Å². The quantitative estimate of drug-likeness (QED) is 0.576. The van der Waals surface area contributed by atoms with Crippen LogP contribution in [0.15, 0.2) is 60.7 Å². The summed E-state index contributed by atoms with van der Waals surface area (Å²) in [6.45, 7) is 0. The highest BCUT2D eigenvalue weighted by molar-refractivity contribution is 7.91. The van der Waals surface area contributed by atoms with Crippen LogP contribution in [0.2, 0.25) is 0 Å². The fraction of sp³-hybridized carbons (Fsp3) is 0.143. The normalized spacial score (nSPS) is 14.1. The lowest BCUT2D eigenvalue weighted by Gasteiger charge is -2.34. The van der Waals surface area contributed by atoms with Gasteiger partial charge in [-0.25, -0.2) is 0 Å². The maximum absolute atomic E-state index is 6.24. The van der Waals surface area contributed by atoms with Gasteiger partial charge in [-0.2, -0.15) is 0 Å². The Morgan fingerprint density at radius 1 is 0.611 bits per heavy atom. The predicted octanol–water partition coefficient (Wildman–Crippen LogP) is 2.77. The van der Waals surface area contributed by atoms with Crippen molar-refractivity contribution in [1.82, 2.24) is 0 Å². The smallest absolute Gasteiger partial charge is 0.0582 e. The van der Waals surface area contributed by atoms with Gasteiger partial charge in [-0.3, -0.25) is 0 Å². The Kier molecular flexibility index (Phi) is 5.48. The Balaban J connectivity index is 1.89. The van der Waals surface area contributed by atoms with Crippen molar-refractivity contribution < 1.29 is 0 Å². The van der Waals surface area contributed by atoms with Crippen molar-refractivity contribution in [1.29, 1.82) is 0 Å². The molecule has 0 saturated heterocycles. The molecule has 88 valence electrons. The molecule has 0 saturated carbocycles. The molecule has 2 aromatic carbocycles. The molecule has 0 aliphatic heterocycles. The van der Waals surface area contributed by atoms with Crippen LogP contribution >= 0.6 is 15.6 Å². The van der Waals surface area contributed by atoms with Gasteiger partial charge >= 0.3 is 0 Å². The summed E-state index contributed by atoms with van der Waals surface area (Å²) < 4.78 is 0. The lowest BCUT2D eigenvalue weighted by atomic mass is 10.4. The van der Waals surface area contributed by atoms with Gasteiger partial charge in [-0.15, -0.1) is 0 Å². The molecule has 4 heteroatoms. The second-order valence-corrected chi connectivity index (χ2v) is 7.86. The van der Waals surface area contributed by atoms with E-state index in [-0.39, 0.29) is 0 Å². The molecule has 0 bridgehead atoms. The van der Waals surface area contributed by atoms with Crippen molar-refractivity contribution >= 4 is 41.3 Å². The van der Waals surface area contributed by atoms with Crippen molar-refractivity contribution in [3.05, 3.63) is 60.7 Å². The van der Waals surface area contributed by atoms with Crippen molar-refractivity contribution in [3.8, 4) is 0 Å². The molecule has 0 amide bonds. The first kappa shape index (κ1) is 13.9. The molecule has 2 unspecified atom stereocenters. The van der Waals surface area contributed by atoms with Crippen molar-refractivity contribution in [2.24, 2.45) is 0 Å². The van der Waals surface area contributed by atoms with Crippen molar-refractivity contribution in [2.75, 3.05) is 12.3 Å². The molecular weight excluding hydrogens is 252 g/mol. The number of rotatable bonds is 5. The van der Waals surface area contributed by atoms with Gasteiger partial charge in [0, 0.05) is 0 Å². The van der Waals surface area contributed by atoms with Gasteiger partial charge in [0.1, 0.15) is 0 Å². The average Bonchev–Trinajstić information content (AvgIpc) is 2.46. The molecule has 0 fully saturated rings. The molecular formula is C14H14B2P2-2. The Labute approximate surface area is 114 Å². The molecule has 0 N–H and O–H groups in total. The highest BCUT2D eigenvalue weighted by Crippen LogP contribution is 2.35. The first-order chi connectivity index (χ1) is 8.77. The van der Waals surface area contributed by atoms with Gasteiger partial charge in [0.05, 0.1) is 0 Å². The number of benzene rings is 2. The monoisotopic (exact) mass is 266 g/mol. The van der Waals surface area contributed by atoms with E-state index >= 15 is 0 Å². The van der Waals surface area contributed by atoms with Crippen LogP contribution in [0.4, 0.5) is 0 Å². The highest BCUT2D eigenvalue weighted by Gasteiger charge is 1.95. The summed E-state index contributed by atoms with van der Waals surface area (Å²) in [4.78, 5) is 0. The summed E-state index contributed by atoms with van der Waals surface area (Å²) in [6.07, 6.45) is 1.99. The standard InChI is InChI=1S/C14H14B2P2/c15-17(13-7-3-1-4-8-13)11-12-18(16)14-9-5-2-6-10-14/h1-10H,11-12H2/q-2. The minimum atomic E-state index is -0.562. The van der Waals surface area contributed by atoms with E-state index in [1.165, 1.54) is 10.6 Å². The van der Waals surface area contributed by atoms with E-state index in [2.05, 4.69) is 24.3 Å². The van der Waals surface area contributed by atoms with E-state index < -0.39 is 15.6 Å². The Morgan fingerprint density at radius 3 is 1.28 bits per heavy atom. The minimum absolute atomic E-state index is 0.562. The average molecular weight is 266 g/mol. The van der Waals surface area contributed by atoms with Gasteiger partial charge in [-0.05, 0) is 0 Å². The summed E-state index contributed by atoms with van der Waals surface area (Å²) in [7, 11) is 11.4. The van der Waals surface area contributed by atoms with Crippen LogP contribution in [0.3, 0.4) is 0 Å². The molecule has 2 aromatic rings. The second kappa shape index (κ2) is 7.13. The molecule has 18 heavy (non-hydrogen) atoms. The maximum atomic E-state index is 6.24. The maximum Gasteiger partial charge on any atom is -0.0582 e. The molecule has 0 spiro atoms. The summed E-state index contributed by atoms with van der Waals surface area (Å²) in [6, 6.07) is 20.6. The molecule has 0 aliphatic rings. The zero-order valence-electron chi connectivity index (χ0n) is 10.2. The Hall–Kier alpha value is -0.570. The number of hydrogen-bond acceptors (Lipinski definition) is 0. The first-order valence-corrected chi connectivity index (χ1v) is 9.11. The van der Waals surface area contributed by atoms with Gasteiger partial charge in [0.2, 0.25) is 0 Å². The number of hydrogen-bond donors (Lipinski definition) is 0. The summed E-state index contributed by atoms with van der Waals surface area (Å²) in [5.74, 6) is 0. The molecule has 0 heterocycles. The highest BCUT2D eigenvalue weighted by atomic mass is 31.1. The van der Waals surface area contributed by atoms with Gasteiger partial charge in [0.15, 0.2) is 0 Å². The largest absolute Gasteiger partial charge is 0.573 e. The fourth-order valence-corrected chi connectivity index (χ4v) is 5.06. The summed E-state index contributed by atoms with van der Waals surface area (Å²) in [5.41, 5.74) is 0. The molecule has 0 aliphatic carbocycles. The topological polar surface area (TPSA) is 0 Å². The van der Waals surface area contributed by atoms with Crippen LogP contribution in [-0.4, -0.2) is 27.5 Å². The van der Waals surface area contributed by atoms with E-state index in [0.29, 0.717) is 0 Å². The summed E-state index contributed by atoms with van der Waals surface area (Å²) >= 11 is 0. The van der Waals surface area contributed by atoms with Crippen LogP contribution in [-0.2, 0) is 0 Å². The molecule has 0 nitrogen and oxygen atoms in total. The molecule has 6 radical (unpaired) electrons. The Morgan fingerprint density at radius 2 is 0.944 bits per heavy atom. The van der Waals surface area contributed by atoms with Crippen molar-refractivity contribution in [3.63, 3.8) is 0 Å². The molecule has 2 atom stereocenters. The van der Waals surface area contributed by atoms with E-state index in [9.17, 15) is 0 Å². The van der Waals surface area contributed by atoms with Gasteiger partial charge < -0.3 is 30.7 Å². The van der Waals surface area contributed by atoms with Crippen LogP contribution in [0, 0.1) is 0 Å². The van der Waals surface area contributed by atoms with Gasteiger partial charge in [0.25, 0.3) is 0 Å². The van der Waals surface area contributed by atoms with E-state index in [0.717, 1.165) is 12.3 Å². The van der Waals surface area contributed by atoms with Crippen LogP contribution in [0.25, 0.3) is 0 Å². The Bertz CT molecular complexity index is 416.